The number of thiophene rings is 1. The first-order valence-corrected chi connectivity index (χ1v) is 8.77. The van der Waals surface area contributed by atoms with Crippen molar-refractivity contribution in [3.63, 3.8) is 0 Å². The van der Waals surface area contributed by atoms with E-state index in [1.165, 1.54) is 11.3 Å². The van der Waals surface area contributed by atoms with E-state index in [0.717, 1.165) is 48.3 Å². The van der Waals surface area contributed by atoms with Gasteiger partial charge in [-0.25, -0.2) is 13.6 Å². The fourth-order valence-corrected chi connectivity index (χ4v) is 4.08. The van der Waals surface area contributed by atoms with Gasteiger partial charge in [-0.1, -0.05) is 0 Å². The number of aryl methyl sites for hydroxylation is 1. The van der Waals surface area contributed by atoms with Crippen LogP contribution >= 0.6 is 11.3 Å². The van der Waals surface area contributed by atoms with Crippen molar-refractivity contribution in [3.05, 3.63) is 51.4 Å². The van der Waals surface area contributed by atoms with Crippen LogP contribution in [0.5, 0.6) is 0 Å². The largest absolute Gasteiger partial charge is 0.452 e. The minimum atomic E-state index is -1.01. The number of nitriles is 1. The van der Waals surface area contributed by atoms with E-state index in [1.807, 2.05) is 0 Å². The second-order valence-electron chi connectivity index (χ2n) is 5.81. The Hall–Kier alpha value is -2.79. The highest BCUT2D eigenvalue weighted by Gasteiger charge is 2.22. The third-order valence-corrected chi connectivity index (χ3v) is 5.18. The van der Waals surface area contributed by atoms with E-state index in [4.69, 9.17) is 4.74 Å². The van der Waals surface area contributed by atoms with Crippen molar-refractivity contribution in [2.75, 3.05) is 11.9 Å². The monoisotopic (exact) mass is 376 g/mol. The van der Waals surface area contributed by atoms with E-state index in [1.54, 1.807) is 0 Å². The fraction of sp³-hybridized carbons (Fsp3) is 0.278. The van der Waals surface area contributed by atoms with Crippen molar-refractivity contribution in [2.45, 2.75) is 25.7 Å². The minimum Gasteiger partial charge on any atom is -0.452 e. The summed E-state index contributed by atoms with van der Waals surface area (Å²) >= 11 is 1.36. The molecule has 1 aliphatic carbocycles. The number of anilines is 1. The Bertz CT molecular complexity index is 898. The highest BCUT2D eigenvalue weighted by atomic mass is 32.1. The molecule has 1 heterocycles. The molecule has 26 heavy (non-hydrogen) atoms. The summed E-state index contributed by atoms with van der Waals surface area (Å²) in [6.45, 7) is -0.621. The van der Waals surface area contributed by atoms with Gasteiger partial charge in [-0.3, -0.25) is 4.79 Å². The van der Waals surface area contributed by atoms with Crippen LogP contribution in [-0.4, -0.2) is 18.5 Å². The van der Waals surface area contributed by atoms with Gasteiger partial charge in [0.05, 0.1) is 11.1 Å². The Morgan fingerprint density at radius 3 is 2.58 bits per heavy atom. The van der Waals surface area contributed by atoms with Gasteiger partial charge < -0.3 is 10.1 Å². The van der Waals surface area contributed by atoms with Crippen LogP contribution in [0.15, 0.2) is 18.2 Å². The molecule has 3 rings (SSSR count). The summed E-state index contributed by atoms with van der Waals surface area (Å²) in [6.07, 6.45) is 3.75. The summed E-state index contributed by atoms with van der Waals surface area (Å²) in [5, 5.41) is 12.4. The molecule has 0 radical (unpaired) electrons. The summed E-state index contributed by atoms with van der Waals surface area (Å²) in [7, 11) is 0. The Labute approximate surface area is 152 Å². The zero-order chi connectivity index (χ0) is 18.7. The summed E-state index contributed by atoms with van der Waals surface area (Å²) < 4.78 is 31.0. The first-order chi connectivity index (χ1) is 12.5. The van der Waals surface area contributed by atoms with E-state index < -0.39 is 30.1 Å². The van der Waals surface area contributed by atoms with Crippen LogP contribution in [0.1, 0.15) is 39.2 Å². The molecular formula is C18H14F2N2O3S. The van der Waals surface area contributed by atoms with Gasteiger partial charge in [-0.15, -0.1) is 11.3 Å². The Balaban J connectivity index is 1.64. The number of fused-ring (bicyclic) bond motifs is 1. The first-order valence-electron chi connectivity index (χ1n) is 7.95. The van der Waals surface area contributed by atoms with E-state index in [2.05, 4.69) is 11.4 Å². The zero-order valence-electron chi connectivity index (χ0n) is 13.6. The fourth-order valence-electron chi connectivity index (χ4n) is 2.82. The van der Waals surface area contributed by atoms with Crippen LogP contribution in [0.4, 0.5) is 13.8 Å². The standard InChI is InChI=1S/C18H14F2N2O3S/c19-11-5-10(6-12(20)7-11)18(24)25-9-16(23)22-17-14(8-21)13-3-1-2-4-15(13)26-17/h5-7H,1-4,9H2,(H,22,23). The lowest BCUT2D eigenvalue weighted by Crippen LogP contribution is -2.21. The second kappa shape index (κ2) is 7.62. The average molecular weight is 376 g/mol. The molecule has 0 bridgehead atoms. The van der Waals surface area contributed by atoms with Crippen LogP contribution in [0.25, 0.3) is 0 Å². The molecule has 0 unspecified atom stereocenters. The number of hydrogen-bond donors (Lipinski definition) is 1. The van der Waals surface area contributed by atoms with Crippen LogP contribution in [-0.2, 0) is 22.4 Å². The van der Waals surface area contributed by atoms with Gasteiger partial charge >= 0.3 is 5.97 Å². The maximum Gasteiger partial charge on any atom is 0.338 e. The van der Waals surface area contributed by atoms with E-state index in [0.29, 0.717) is 16.6 Å². The molecular weight excluding hydrogens is 362 g/mol. The van der Waals surface area contributed by atoms with E-state index >= 15 is 0 Å². The van der Waals surface area contributed by atoms with Crippen LogP contribution in [0.3, 0.4) is 0 Å². The van der Waals surface area contributed by atoms with Gasteiger partial charge in [-0.2, -0.15) is 5.26 Å². The number of hydrogen-bond acceptors (Lipinski definition) is 5. The first kappa shape index (κ1) is 18.0. The molecule has 1 aliphatic rings. The van der Waals surface area contributed by atoms with Gasteiger partial charge in [-0.05, 0) is 43.4 Å². The number of rotatable bonds is 4. The number of amides is 1. The molecule has 134 valence electrons. The number of benzene rings is 1. The molecule has 1 aromatic carbocycles. The number of nitrogens with one attached hydrogen (secondary N) is 1. The lowest BCUT2D eigenvalue weighted by Gasteiger charge is -2.09. The lowest BCUT2D eigenvalue weighted by atomic mass is 9.96. The summed E-state index contributed by atoms with van der Waals surface area (Å²) in [5.41, 5.74) is 1.11. The number of ether oxygens (including phenoxy) is 1. The highest BCUT2D eigenvalue weighted by molar-refractivity contribution is 7.16. The van der Waals surface area contributed by atoms with Crippen molar-refractivity contribution < 1.29 is 23.1 Å². The topological polar surface area (TPSA) is 79.2 Å². The van der Waals surface area contributed by atoms with Crippen molar-refractivity contribution in [2.24, 2.45) is 0 Å². The number of nitrogens with zero attached hydrogens (tertiary/aromatic N) is 1. The van der Waals surface area contributed by atoms with Gasteiger partial charge in [0.2, 0.25) is 0 Å². The van der Waals surface area contributed by atoms with Gasteiger partial charge in [0, 0.05) is 10.9 Å². The third kappa shape index (κ3) is 3.89. The van der Waals surface area contributed by atoms with Gasteiger partial charge in [0.15, 0.2) is 6.61 Å². The van der Waals surface area contributed by atoms with Crippen LogP contribution in [0, 0.1) is 23.0 Å². The molecule has 8 heteroatoms. The number of carbonyl (C=O) groups excluding carboxylic acids is 2. The molecule has 1 N–H and O–H groups in total. The highest BCUT2D eigenvalue weighted by Crippen LogP contribution is 2.37. The van der Waals surface area contributed by atoms with Gasteiger partial charge in [0.1, 0.15) is 22.7 Å². The zero-order valence-corrected chi connectivity index (χ0v) is 14.4. The molecule has 1 amide bonds. The predicted molar refractivity (Wildman–Crippen MR) is 90.9 cm³/mol. The summed E-state index contributed by atoms with van der Waals surface area (Å²) in [4.78, 5) is 24.9. The lowest BCUT2D eigenvalue weighted by molar-refractivity contribution is -0.119. The Morgan fingerprint density at radius 2 is 1.88 bits per heavy atom. The molecule has 5 nitrogen and oxygen atoms in total. The second-order valence-corrected chi connectivity index (χ2v) is 6.91. The normalized spacial score (nSPS) is 12.8. The number of carbonyl (C=O) groups is 2. The van der Waals surface area contributed by atoms with E-state index in [9.17, 15) is 23.6 Å². The molecule has 0 atom stereocenters. The smallest absolute Gasteiger partial charge is 0.338 e. The maximum atomic E-state index is 13.1. The molecule has 1 aromatic heterocycles. The van der Waals surface area contributed by atoms with Crippen LogP contribution in [0.2, 0.25) is 0 Å². The van der Waals surface area contributed by atoms with Crippen molar-refractivity contribution in [1.29, 1.82) is 5.26 Å². The number of esters is 1. The quantitative estimate of drug-likeness (QED) is 0.828. The average Bonchev–Trinajstić information content (AvgIpc) is 2.95. The molecule has 0 fully saturated rings. The summed E-state index contributed by atoms with van der Waals surface area (Å²) in [6, 6.07) is 4.39. The molecule has 0 aliphatic heterocycles. The minimum absolute atomic E-state index is 0.320. The molecule has 0 spiro atoms. The molecule has 0 saturated carbocycles. The van der Waals surface area contributed by atoms with Crippen LogP contribution < -0.4 is 5.32 Å². The SMILES string of the molecule is N#Cc1c(NC(=O)COC(=O)c2cc(F)cc(F)c2)sc2c1CCCC2. The van der Waals surface area contributed by atoms with E-state index in [-0.39, 0.29) is 5.56 Å². The Morgan fingerprint density at radius 1 is 1.19 bits per heavy atom. The molecule has 0 saturated heterocycles. The van der Waals surface area contributed by atoms with Crippen molar-refractivity contribution in [1.82, 2.24) is 0 Å². The molecule has 2 aromatic rings. The third-order valence-electron chi connectivity index (χ3n) is 3.97. The predicted octanol–water partition coefficient (Wildman–Crippen LogP) is 3.57. The maximum absolute atomic E-state index is 13.1. The Kier molecular flexibility index (Phi) is 5.28. The van der Waals surface area contributed by atoms with Crippen molar-refractivity contribution in [3.8, 4) is 6.07 Å². The van der Waals surface area contributed by atoms with Crippen molar-refractivity contribution >= 4 is 28.2 Å². The van der Waals surface area contributed by atoms with Gasteiger partial charge in [0.25, 0.3) is 5.91 Å². The summed E-state index contributed by atoms with van der Waals surface area (Å²) in [5.74, 6) is -3.46. The number of halogens is 2.